The van der Waals surface area contributed by atoms with Crippen molar-refractivity contribution in [2.45, 2.75) is 20.3 Å². The summed E-state index contributed by atoms with van der Waals surface area (Å²) in [6.45, 7) is 4.66. The Balaban J connectivity index is 2.28. The summed E-state index contributed by atoms with van der Waals surface area (Å²) in [5.41, 5.74) is 1.56. The fraction of sp³-hybridized carbons (Fsp3) is 0.286. The van der Waals surface area contributed by atoms with Gasteiger partial charge >= 0.3 is 0 Å². The average Bonchev–Trinajstić information content (AvgIpc) is 2.43. The third-order valence-electron chi connectivity index (χ3n) is 2.74. The monoisotopic (exact) mass is 294 g/mol. The minimum atomic E-state index is -0.522. The number of para-hydroxylation sites is 1. The van der Waals surface area contributed by atoms with Crippen molar-refractivity contribution < 1.29 is 4.39 Å². The highest BCUT2D eigenvalue weighted by Gasteiger charge is 2.10. The Morgan fingerprint density at radius 2 is 2.15 bits per heavy atom. The SMILES string of the molecule is CCCNc1ncc(F)c(Nc2c(C)cccc2Cl)n1. The zero-order valence-corrected chi connectivity index (χ0v) is 12.1. The van der Waals surface area contributed by atoms with Gasteiger partial charge < -0.3 is 10.6 Å². The first kappa shape index (κ1) is 14.5. The largest absolute Gasteiger partial charge is 0.354 e. The maximum absolute atomic E-state index is 13.8. The number of hydrogen-bond acceptors (Lipinski definition) is 4. The van der Waals surface area contributed by atoms with E-state index in [1.165, 1.54) is 0 Å². The molecule has 0 saturated carbocycles. The Bertz CT molecular complexity index is 583. The first-order valence-corrected chi connectivity index (χ1v) is 6.78. The molecule has 0 unspecified atom stereocenters. The van der Waals surface area contributed by atoms with Gasteiger partial charge in [0.05, 0.1) is 16.9 Å². The summed E-state index contributed by atoms with van der Waals surface area (Å²) in [6, 6.07) is 5.48. The van der Waals surface area contributed by atoms with Crippen LogP contribution in [-0.2, 0) is 0 Å². The molecule has 0 saturated heterocycles. The molecule has 0 aliphatic heterocycles. The van der Waals surface area contributed by atoms with Crippen molar-refractivity contribution in [3.05, 3.63) is 40.8 Å². The Morgan fingerprint density at radius 3 is 2.85 bits per heavy atom. The summed E-state index contributed by atoms with van der Waals surface area (Å²) in [5.74, 6) is -0.0263. The summed E-state index contributed by atoms with van der Waals surface area (Å²) in [5, 5.41) is 6.46. The second-order valence-electron chi connectivity index (χ2n) is 4.37. The van der Waals surface area contributed by atoms with Crippen LogP contribution >= 0.6 is 11.6 Å². The highest BCUT2D eigenvalue weighted by molar-refractivity contribution is 6.33. The van der Waals surface area contributed by atoms with E-state index in [0.29, 0.717) is 16.7 Å². The minimum Gasteiger partial charge on any atom is -0.354 e. The maximum Gasteiger partial charge on any atom is 0.224 e. The predicted octanol–water partition coefficient (Wildman–Crippen LogP) is 4.14. The van der Waals surface area contributed by atoms with Gasteiger partial charge in [0.1, 0.15) is 0 Å². The molecule has 2 aromatic rings. The number of rotatable bonds is 5. The maximum atomic E-state index is 13.8. The number of halogens is 2. The first-order chi connectivity index (χ1) is 9.61. The van der Waals surface area contributed by atoms with Gasteiger partial charge in [-0.1, -0.05) is 30.7 Å². The van der Waals surface area contributed by atoms with E-state index in [1.54, 1.807) is 6.07 Å². The zero-order valence-electron chi connectivity index (χ0n) is 11.4. The first-order valence-electron chi connectivity index (χ1n) is 6.40. The van der Waals surface area contributed by atoms with Crippen LogP contribution in [0.2, 0.25) is 5.02 Å². The molecule has 0 fully saturated rings. The van der Waals surface area contributed by atoms with Gasteiger partial charge in [-0.05, 0) is 25.0 Å². The van der Waals surface area contributed by atoms with E-state index in [0.717, 1.165) is 24.7 Å². The van der Waals surface area contributed by atoms with Crippen molar-refractivity contribution in [2.24, 2.45) is 0 Å². The van der Waals surface area contributed by atoms with Crippen LogP contribution in [0.5, 0.6) is 0 Å². The molecule has 4 nitrogen and oxygen atoms in total. The third kappa shape index (κ3) is 3.36. The topological polar surface area (TPSA) is 49.8 Å². The molecule has 1 heterocycles. The van der Waals surface area contributed by atoms with Crippen LogP contribution < -0.4 is 10.6 Å². The lowest BCUT2D eigenvalue weighted by atomic mass is 10.2. The van der Waals surface area contributed by atoms with Crippen molar-refractivity contribution >= 4 is 29.1 Å². The number of anilines is 3. The molecule has 2 rings (SSSR count). The van der Waals surface area contributed by atoms with Crippen LogP contribution in [0.1, 0.15) is 18.9 Å². The molecule has 2 N–H and O–H groups in total. The molecule has 106 valence electrons. The van der Waals surface area contributed by atoms with Crippen LogP contribution in [0.25, 0.3) is 0 Å². The number of nitrogens with one attached hydrogen (secondary N) is 2. The van der Waals surface area contributed by atoms with Gasteiger partial charge in [0, 0.05) is 6.54 Å². The highest BCUT2D eigenvalue weighted by Crippen LogP contribution is 2.29. The van der Waals surface area contributed by atoms with Gasteiger partial charge in [-0.3, -0.25) is 0 Å². The standard InChI is InChI=1S/C14H16ClFN4/c1-3-7-17-14-18-8-11(16)13(20-14)19-12-9(2)5-4-6-10(12)15/h4-6,8H,3,7H2,1-2H3,(H2,17,18,19,20). The summed E-state index contributed by atoms with van der Waals surface area (Å²) in [7, 11) is 0. The van der Waals surface area contributed by atoms with Crippen molar-refractivity contribution in [3.8, 4) is 0 Å². The van der Waals surface area contributed by atoms with Crippen molar-refractivity contribution in [1.82, 2.24) is 9.97 Å². The normalized spacial score (nSPS) is 10.4. The van der Waals surface area contributed by atoms with E-state index < -0.39 is 5.82 Å². The van der Waals surface area contributed by atoms with Gasteiger partial charge in [0.15, 0.2) is 11.6 Å². The predicted molar refractivity (Wildman–Crippen MR) is 80.2 cm³/mol. The van der Waals surface area contributed by atoms with E-state index in [4.69, 9.17) is 11.6 Å². The Kier molecular flexibility index (Phi) is 4.74. The highest BCUT2D eigenvalue weighted by atomic mass is 35.5. The van der Waals surface area contributed by atoms with Crippen LogP contribution in [-0.4, -0.2) is 16.5 Å². The Morgan fingerprint density at radius 1 is 1.35 bits per heavy atom. The second-order valence-corrected chi connectivity index (χ2v) is 4.78. The molecule has 0 bridgehead atoms. The molecule has 0 aliphatic rings. The van der Waals surface area contributed by atoms with Gasteiger partial charge in [0.2, 0.25) is 5.95 Å². The number of nitrogens with zero attached hydrogens (tertiary/aromatic N) is 2. The number of benzene rings is 1. The number of aromatic nitrogens is 2. The molecule has 0 spiro atoms. The van der Waals surface area contributed by atoms with E-state index in [9.17, 15) is 4.39 Å². The number of hydrogen-bond donors (Lipinski definition) is 2. The second kappa shape index (κ2) is 6.52. The van der Waals surface area contributed by atoms with Crippen molar-refractivity contribution in [3.63, 3.8) is 0 Å². The quantitative estimate of drug-likeness (QED) is 0.870. The van der Waals surface area contributed by atoms with Crippen molar-refractivity contribution in [1.29, 1.82) is 0 Å². The van der Waals surface area contributed by atoms with E-state index in [1.807, 2.05) is 26.0 Å². The van der Waals surface area contributed by atoms with Crippen molar-refractivity contribution in [2.75, 3.05) is 17.2 Å². The van der Waals surface area contributed by atoms with Crippen LogP contribution in [0.3, 0.4) is 0 Å². The summed E-state index contributed by atoms with van der Waals surface area (Å²) >= 11 is 6.11. The molecule has 1 aromatic carbocycles. The Labute approximate surface area is 122 Å². The molecule has 0 amide bonds. The molecule has 0 radical (unpaired) electrons. The van der Waals surface area contributed by atoms with Crippen LogP contribution in [0.15, 0.2) is 24.4 Å². The molecule has 0 atom stereocenters. The smallest absolute Gasteiger partial charge is 0.224 e. The summed E-state index contributed by atoms with van der Waals surface area (Å²) in [6.07, 6.45) is 2.08. The lowest BCUT2D eigenvalue weighted by Crippen LogP contribution is -2.07. The van der Waals surface area contributed by atoms with Gasteiger partial charge in [-0.2, -0.15) is 4.98 Å². The average molecular weight is 295 g/mol. The molecular formula is C14H16ClFN4. The van der Waals surface area contributed by atoms with Crippen LogP contribution in [0.4, 0.5) is 21.8 Å². The molecular weight excluding hydrogens is 279 g/mol. The van der Waals surface area contributed by atoms with E-state index in [-0.39, 0.29) is 5.82 Å². The molecule has 1 aromatic heterocycles. The van der Waals surface area contributed by atoms with E-state index >= 15 is 0 Å². The minimum absolute atomic E-state index is 0.106. The third-order valence-corrected chi connectivity index (χ3v) is 3.06. The van der Waals surface area contributed by atoms with Gasteiger partial charge in [-0.25, -0.2) is 9.37 Å². The fourth-order valence-electron chi connectivity index (χ4n) is 1.69. The summed E-state index contributed by atoms with van der Waals surface area (Å²) < 4.78 is 13.8. The van der Waals surface area contributed by atoms with Crippen LogP contribution in [0, 0.1) is 12.7 Å². The molecule has 6 heteroatoms. The molecule has 20 heavy (non-hydrogen) atoms. The molecule has 0 aliphatic carbocycles. The fourth-order valence-corrected chi connectivity index (χ4v) is 1.95. The number of aryl methyl sites for hydroxylation is 1. The summed E-state index contributed by atoms with van der Waals surface area (Å²) in [4.78, 5) is 8.01. The lowest BCUT2D eigenvalue weighted by molar-refractivity contribution is 0.619. The Hall–Kier alpha value is -1.88. The lowest BCUT2D eigenvalue weighted by Gasteiger charge is -2.12. The van der Waals surface area contributed by atoms with Gasteiger partial charge in [0.25, 0.3) is 0 Å². The van der Waals surface area contributed by atoms with E-state index in [2.05, 4.69) is 20.6 Å². The van der Waals surface area contributed by atoms with Gasteiger partial charge in [-0.15, -0.1) is 0 Å². The zero-order chi connectivity index (χ0) is 14.5.